The lowest BCUT2D eigenvalue weighted by atomic mass is 10.1. The van der Waals surface area contributed by atoms with Crippen molar-refractivity contribution in [3.63, 3.8) is 0 Å². The third kappa shape index (κ3) is 3.50. The van der Waals surface area contributed by atoms with E-state index in [0.717, 1.165) is 5.69 Å². The van der Waals surface area contributed by atoms with E-state index in [-0.39, 0.29) is 17.9 Å². The molecule has 1 amide bonds. The van der Waals surface area contributed by atoms with E-state index in [9.17, 15) is 13.6 Å². The summed E-state index contributed by atoms with van der Waals surface area (Å²) in [7, 11) is 1.26. The molecule has 128 valence electrons. The first-order chi connectivity index (χ1) is 12.1. The maximum atomic E-state index is 13.9. The second kappa shape index (κ2) is 7.12. The normalized spacial score (nSPS) is 10.5. The minimum Gasteiger partial charge on any atom is -0.494 e. The van der Waals surface area contributed by atoms with Crippen LogP contribution in [0.15, 0.2) is 54.9 Å². The molecule has 0 bridgehead atoms. The quantitative estimate of drug-likeness (QED) is 0.774. The fourth-order valence-corrected chi connectivity index (χ4v) is 2.35. The van der Waals surface area contributed by atoms with Crippen molar-refractivity contribution in [1.29, 1.82) is 0 Å². The molecule has 25 heavy (non-hydrogen) atoms. The molecule has 0 fully saturated rings. The highest BCUT2D eigenvalue weighted by Crippen LogP contribution is 2.22. The van der Waals surface area contributed by atoms with Crippen molar-refractivity contribution < 1.29 is 18.3 Å². The Balaban J connectivity index is 1.73. The molecule has 0 radical (unpaired) electrons. The Hall–Kier alpha value is -3.22. The van der Waals surface area contributed by atoms with Crippen LogP contribution in [-0.4, -0.2) is 22.8 Å². The van der Waals surface area contributed by atoms with Crippen LogP contribution in [0.4, 0.5) is 8.78 Å². The Morgan fingerprint density at radius 3 is 2.76 bits per heavy atom. The van der Waals surface area contributed by atoms with E-state index in [4.69, 9.17) is 4.74 Å². The number of hydrogen-bond donors (Lipinski definition) is 1. The molecule has 1 aromatic heterocycles. The number of rotatable bonds is 5. The van der Waals surface area contributed by atoms with Crippen molar-refractivity contribution in [3.05, 3.63) is 77.6 Å². The average molecular weight is 343 g/mol. The molecule has 0 saturated heterocycles. The molecule has 0 atom stereocenters. The first-order valence-electron chi connectivity index (χ1n) is 7.49. The van der Waals surface area contributed by atoms with Crippen LogP contribution in [0.2, 0.25) is 0 Å². The number of ether oxygens (including phenoxy) is 1. The standard InChI is InChI=1S/C18H15F2N3O2/c1-25-15-7-6-13(16(19)17(15)20)11-21-18(24)12-4-2-5-14(10-12)23-9-3-8-22-23/h2-10H,11H2,1H3,(H,21,24). The van der Waals surface area contributed by atoms with Gasteiger partial charge in [-0.05, 0) is 30.3 Å². The van der Waals surface area contributed by atoms with Gasteiger partial charge in [-0.25, -0.2) is 9.07 Å². The van der Waals surface area contributed by atoms with E-state index in [1.54, 1.807) is 41.3 Å². The lowest BCUT2D eigenvalue weighted by Gasteiger charge is -2.10. The number of nitrogens with one attached hydrogen (secondary N) is 1. The number of carbonyl (C=O) groups is 1. The minimum atomic E-state index is -1.07. The van der Waals surface area contributed by atoms with Gasteiger partial charge in [0.2, 0.25) is 5.82 Å². The van der Waals surface area contributed by atoms with Crippen LogP contribution in [0.25, 0.3) is 5.69 Å². The Morgan fingerprint density at radius 1 is 1.20 bits per heavy atom. The smallest absolute Gasteiger partial charge is 0.251 e. The molecule has 3 aromatic rings. The number of halogens is 2. The minimum absolute atomic E-state index is 0.0369. The lowest BCUT2D eigenvalue weighted by Crippen LogP contribution is -2.23. The van der Waals surface area contributed by atoms with E-state index < -0.39 is 17.5 Å². The molecule has 0 spiro atoms. The molecule has 0 aliphatic heterocycles. The molecular weight excluding hydrogens is 328 g/mol. The third-order valence-electron chi connectivity index (χ3n) is 3.66. The number of nitrogens with zero attached hydrogens (tertiary/aromatic N) is 2. The molecule has 1 N–H and O–H groups in total. The number of methoxy groups -OCH3 is 1. The Morgan fingerprint density at radius 2 is 2.04 bits per heavy atom. The van der Waals surface area contributed by atoms with Crippen molar-refractivity contribution in [3.8, 4) is 11.4 Å². The summed E-state index contributed by atoms with van der Waals surface area (Å²) in [5, 5.41) is 6.68. The summed E-state index contributed by atoms with van der Waals surface area (Å²) in [5.41, 5.74) is 1.15. The number of aromatic nitrogens is 2. The zero-order chi connectivity index (χ0) is 17.8. The van der Waals surface area contributed by atoms with Crippen molar-refractivity contribution in [2.45, 2.75) is 6.54 Å². The van der Waals surface area contributed by atoms with E-state index in [0.29, 0.717) is 5.56 Å². The van der Waals surface area contributed by atoms with Gasteiger partial charge in [-0.15, -0.1) is 0 Å². The van der Waals surface area contributed by atoms with Crippen LogP contribution < -0.4 is 10.1 Å². The number of carbonyl (C=O) groups excluding carboxylic acids is 1. The van der Waals surface area contributed by atoms with Gasteiger partial charge in [0.05, 0.1) is 12.8 Å². The zero-order valence-electron chi connectivity index (χ0n) is 13.4. The van der Waals surface area contributed by atoms with E-state index in [1.807, 2.05) is 6.07 Å². The monoisotopic (exact) mass is 343 g/mol. The zero-order valence-corrected chi connectivity index (χ0v) is 13.4. The Labute approximate surface area is 142 Å². The summed E-state index contributed by atoms with van der Waals surface area (Å²) < 4.78 is 34.0. The first-order valence-corrected chi connectivity index (χ1v) is 7.49. The van der Waals surface area contributed by atoms with Crippen molar-refractivity contribution in [2.75, 3.05) is 7.11 Å². The van der Waals surface area contributed by atoms with Crippen molar-refractivity contribution >= 4 is 5.91 Å². The molecule has 1 heterocycles. The second-order valence-corrected chi connectivity index (χ2v) is 5.24. The van der Waals surface area contributed by atoms with Gasteiger partial charge < -0.3 is 10.1 Å². The van der Waals surface area contributed by atoms with Gasteiger partial charge in [0, 0.05) is 30.1 Å². The van der Waals surface area contributed by atoms with Gasteiger partial charge in [-0.2, -0.15) is 9.49 Å². The molecule has 7 heteroatoms. The first kappa shape index (κ1) is 16.6. The maximum Gasteiger partial charge on any atom is 0.251 e. The van der Waals surface area contributed by atoms with Gasteiger partial charge in [0.25, 0.3) is 5.91 Å². The van der Waals surface area contributed by atoms with Crippen LogP contribution in [0.5, 0.6) is 5.75 Å². The number of hydrogen-bond acceptors (Lipinski definition) is 3. The van der Waals surface area contributed by atoms with Gasteiger partial charge in [0.15, 0.2) is 11.6 Å². The Kier molecular flexibility index (Phi) is 4.74. The Bertz CT molecular complexity index is 895. The molecule has 0 unspecified atom stereocenters. The fourth-order valence-electron chi connectivity index (χ4n) is 2.35. The van der Waals surface area contributed by atoms with E-state index in [1.165, 1.54) is 19.2 Å². The van der Waals surface area contributed by atoms with Crippen molar-refractivity contribution in [1.82, 2.24) is 15.1 Å². The lowest BCUT2D eigenvalue weighted by molar-refractivity contribution is 0.0950. The highest BCUT2D eigenvalue weighted by atomic mass is 19.2. The molecule has 3 rings (SSSR count). The topological polar surface area (TPSA) is 56.1 Å². The number of benzene rings is 2. The predicted molar refractivity (Wildman–Crippen MR) is 87.6 cm³/mol. The fraction of sp³-hybridized carbons (Fsp3) is 0.111. The largest absolute Gasteiger partial charge is 0.494 e. The summed E-state index contributed by atoms with van der Waals surface area (Å²) in [4.78, 5) is 12.3. The molecule has 0 aliphatic carbocycles. The van der Waals surface area contributed by atoms with Gasteiger partial charge in [-0.1, -0.05) is 12.1 Å². The highest BCUT2D eigenvalue weighted by Gasteiger charge is 2.15. The summed E-state index contributed by atoms with van der Waals surface area (Å²) in [5.74, 6) is -2.69. The molecule has 0 saturated carbocycles. The third-order valence-corrected chi connectivity index (χ3v) is 3.66. The van der Waals surface area contributed by atoms with E-state index >= 15 is 0 Å². The highest BCUT2D eigenvalue weighted by molar-refractivity contribution is 5.94. The van der Waals surface area contributed by atoms with E-state index in [2.05, 4.69) is 10.4 Å². The summed E-state index contributed by atoms with van der Waals surface area (Å²) in [6.45, 7) is -0.141. The van der Waals surface area contributed by atoms with Crippen LogP contribution in [0, 0.1) is 11.6 Å². The van der Waals surface area contributed by atoms with Gasteiger partial charge in [-0.3, -0.25) is 4.79 Å². The van der Waals surface area contributed by atoms with Crippen LogP contribution in [0.3, 0.4) is 0 Å². The maximum absolute atomic E-state index is 13.9. The number of amides is 1. The molecular formula is C18H15F2N3O2. The van der Waals surface area contributed by atoms with Crippen LogP contribution >= 0.6 is 0 Å². The van der Waals surface area contributed by atoms with Gasteiger partial charge in [0.1, 0.15) is 0 Å². The summed E-state index contributed by atoms with van der Waals surface area (Å²) in [6.07, 6.45) is 3.39. The predicted octanol–water partition coefficient (Wildman–Crippen LogP) is 3.09. The van der Waals surface area contributed by atoms with Crippen LogP contribution in [0.1, 0.15) is 15.9 Å². The molecule has 0 aliphatic rings. The van der Waals surface area contributed by atoms with Crippen LogP contribution in [-0.2, 0) is 6.54 Å². The SMILES string of the molecule is COc1ccc(CNC(=O)c2cccc(-n3cccn3)c2)c(F)c1F. The molecule has 5 nitrogen and oxygen atoms in total. The van der Waals surface area contributed by atoms with Gasteiger partial charge >= 0.3 is 0 Å². The second-order valence-electron chi connectivity index (χ2n) is 5.24. The van der Waals surface area contributed by atoms with Crippen molar-refractivity contribution in [2.24, 2.45) is 0 Å². The average Bonchev–Trinajstić information content (AvgIpc) is 3.17. The summed E-state index contributed by atoms with van der Waals surface area (Å²) >= 11 is 0. The summed E-state index contributed by atoms with van der Waals surface area (Å²) in [6, 6.07) is 11.3. The molecule has 2 aromatic carbocycles.